The zero-order chi connectivity index (χ0) is 11.5. The maximum atomic E-state index is 11.8. The minimum Gasteiger partial charge on any atom is -0.348 e. The minimum absolute atomic E-state index is 0.0700. The number of halogens is 2. The number of nitrogens with zero attached hydrogens (tertiary/aromatic N) is 1. The summed E-state index contributed by atoms with van der Waals surface area (Å²) in [5.41, 5.74) is 0.494. The summed E-state index contributed by atoms with van der Waals surface area (Å²) in [4.78, 5) is 18.7. The van der Waals surface area contributed by atoms with Crippen LogP contribution in [0.1, 0.15) is 16.2 Å². The third-order valence-electron chi connectivity index (χ3n) is 2.07. The first-order valence-electron chi connectivity index (χ1n) is 4.63. The number of aromatic amines is 1. The van der Waals surface area contributed by atoms with Crippen LogP contribution in [0.15, 0.2) is 30.6 Å². The van der Waals surface area contributed by atoms with E-state index in [4.69, 9.17) is 23.2 Å². The molecule has 0 fully saturated rings. The minimum atomic E-state index is -0.0700. The van der Waals surface area contributed by atoms with Gasteiger partial charge in [-0.25, -0.2) is 4.98 Å². The van der Waals surface area contributed by atoms with Crippen molar-refractivity contribution >= 4 is 29.0 Å². The highest BCUT2D eigenvalue weighted by Crippen LogP contribution is 2.19. The van der Waals surface area contributed by atoms with Crippen molar-refractivity contribution in [3.63, 3.8) is 0 Å². The number of rotatable bonds is 3. The van der Waals surface area contributed by atoms with Gasteiger partial charge >= 0.3 is 0 Å². The molecule has 0 saturated carbocycles. The molecule has 0 radical (unpaired) electrons. The van der Waals surface area contributed by atoms with Crippen molar-refractivity contribution in [2.24, 2.45) is 0 Å². The van der Waals surface area contributed by atoms with Crippen LogP contribution in [0.25, 0.3) is 0 Å². The molecule has 2 aromatic rings. The fourth-order valence-corrected chi connectivity index (χ4v) is 1.89. The molecule has 1 aromatic heterocycles. The Bertz CT molecular complexity index is 488. The van der Waals surface area contributed by atoms with Gasteiger partial charge < -0.3 is 4.98 Å². The fourth-order valence-electron chi connectivity index (χ4n) is 1.36. The highest BCUT2D eigenvalue weighted by Gasteiger charge is 2.10. The lowest BCUT2D eigenvalue weighted by molar-refractivity contribution is 0.0991. The quantitative estimate of drug-likeness (QED) is 0.856. The lowest BCUT2D eigenvalue weighted by Gasteiger charge is -2.01. The van der Waals surface area contributed by atoms with Gasteiger partial charge in [-0.3, -0.25) is 4.79 Å². The number of carbonyl (C=O) groups is 1. The predicted molar refractivity (Wildman–Crippen MR) is 63.1 cm³/mol. The number of hydrogen-bond donors (Lipinski definition) is 1. The Hall–Kier alpha value is -1.32. The molecule has 0 unspecified atom stereocenters. The van der Waals surface area contributed by atoms with Gasteiger partial charge in [0.2, 0.25) is 0 Å². The fraction of sp³-hybridized carbons (Fsp3) is 0.0909. The van der Waals surface area contributed by atoms with Gasteiger partial charge in [-0.1, -0.05) is 23.2 Å². The molecule has 0 aliphatic heterocycles. The molecule has 5 heteroatoms. The second-order valence-corrected chi connectivity index (χ2v) is 4.17. The summed E-state index contributed by atoms with van der Waals surface area (Å²) in [6.45, 7) is 0. The lowest BCUT2D eigenvalue weighted by atomic mass is 10.1. The van der Waals surface area contributed by atoms with Crippen molar-refractivity contribution in [2.75, 3.05) is 0 Å². The number of benzene rings is 1. The molecule has 0 saturated heterocycles. The van der Waals surface area contributed by atoms with Crippen LogP contribution in [0, 0.1) is 0 Å². The number of imidazole rings is 1. The van der Waals surface area contributed by atoms with Gasteiger partial charge in [-0.15, -0.1) is 0 Å². The van der Waals surface area contributed by atoms with E-state index in [1.54, 1.807) is 30.6 Å². The summed E-state index contributed by atoms with van der Waals surface area (Å²) in [5, 5.41) is 0.908. The molecule has 16 heavy (non-hydrogen) atoms. The van der Waals surface area contributed by atoms with Crippen LogP contribution in [0.5, 0.6) is 0 Å². The van der Waals surface area contributed by atoms with Crippen LogP contribution < -0.4 is 0 Å². The number of Topliss-reactive ketones (excluding diaryl/α,β-unsaturated/α-hetero) is 1. The van der Waals surface area contributed by atoms with E-state index in [9.17, 15) is 4.79 Å². The molecule has 1 N–H and O–H groups in total. The van der Waals surface area contributed by atoms with Gasteiger partial charge in [0, 0.05) is 28.0 Å². The second-order valence-electron chi connectivity index (χ2n) is 3.29. The van der Waals surface area contributed by atoms with Gasteiger partial charge in [0.05, 0.1) is 6.42 Å². The summed E-state index contributed by atoms with van der Waals surface area (Å²) in [5.74, 6) is 0.556. The summed E-state index contributed by atoms with van der Waals surface area (Å²) in [7, 11) is 0. The SMILES string of the molecule is O=C(Cc1ncc[nH]1)c1cc(Cl)cc(Cl)c1. The molecule has 1 heterocycles. The van der Waals surface area contributed by atoms with Crippen LogP contribution >= 0.6 is 23.2 Å². The van der Waals surface area contributed by atoms with Gasteiger partial charge in [0.25, 0.3) is 0 Å². The number of nitrogens with one attached hydrogen (secondary N) is 1. The van der Waals surface area contributed by atoms with Gasteiger partial charge in [-0.2, -0.15) is 0 Å². The molecule has 0 aliphatic rings. The summed E-state index contributed by atoms with van der Waals surface area (Å²) in [6, 6.07) is 4.78. The predicted octanol–water partition coefficient (Wildman–Crippen LogP) is 3.14. The van der Waals surface area contributed by atoms with E-state index in [0.717, 1.165) is 0 Å². The van der Waals surface area contributed by atoms with E-state index < -0.39 is 0 Å². The van der Waals surface area contributed by atoms with Crippen molar-refractivity contribution in [3.05, 3.63) is 52.0 Å². The third kappa shape index (κ3) is 2.62. The van der Waals surface area contributed by atoms with E-state index in [1.807, 2.05) is 0 Å². The van der Waals surface area contributed by atoms with Crippen LogP contribution in [0.2, 0.25) is 10.0 Å². The highest BCUT2D eigenvalue weighted by atomic mass is 35.5. The molecule has 2 rings (SSSR count). The largest absolute Gasteiger partial charge is 0.348 e. The molecule has 82 valence electrons. The van der Waals surface area contributed by atoms with E-state index in [-0.39, 0.29) is 12.2 Å². The zero-order valence-electron chi connectivity index (χ0n) is 8.21. The average molecular weight is 255 g/mol. The van der Waals surface area contributed by atoms with E-state index in [2.05, 4.69) is 9.97 Å². The topological polar surface area (TPSA) is 45.8 Å². The molecule has 0 aliphatic carbocycles. The first kappa shape index (κ1) is 11.2. The van der Waals surface area contributed by atoms with E-state index in [0.29, 0.717) is 21.4 Å². The van der Waals surface area contributed by atoms with Crippen molar-refractivity contribution < 1.29 is 4.79 Å². The summed E-state index contributed by atoms with van der Waals surface area (Å²) >= 11 is 11.6. The van der Waals surface area contributed by atoms with Crippen LogP contribution in [-0.2, 0) is 6.42 Å². The molecule has 3 nitrogen and oxygen atoms in total. The Morgan fingerprint density at radius 1 is 1.25 bits per heavy atom. The lowest BCUT2D eigenvalue weighted by Crippen LogP contribution is -2.04. The summed E-state index contributed by atoms with van der Waals surface area (Å²) < 4.78 is 0. The Balaban J connectivity index is 2.21. The molecular weight excluding hydrogens is 247 g/mol. The smallest absolute Gasteiger partial charge is 0.170 e. The van der Waals surface area contributed by atoms with Crippen molar-refractivity contribution in [2.45, 2.75) is 6.42 Å². The average Bonchev–Trinajstić information content (AvgIpc) is 2.68. The first-order chi connectivity index (χ1) is 7.65. The first-order valence-corrected chi connectivity index (χ1v) is 5.38. The Morgan fingerprint density at radius 2 is 1.94 bits per heavy atom. The zero-order valence-corrected chi connectivity index (χ0v) is 9.72. The van der Waals surface area contributed by atoms with Crippen molar-refractivity contribution in [3.8, 4) is 0 Å². The monoisotopic (exact) mass is 254 g/mol. The summed E-state index contributed by atoms with van der Waals surface area (Å²) in [6.07, 6.45) is 3.49. The third-order valence-corrected chi connectivity index (χ3v) is 2.50. The molecule has 1 aromatic carbocycles. The Kier molecular flexibility index (Phi) is 3.27. The van der Waals surface area contributed by atoms with Crippen LogP contribution in [-0.4, -0.2) is 15.8 Å². The number of aromatic nitrogens is 2. The molecule has 0 amide bonds. The highest BCUT2D eigenvalue weighted by molar-refractivity contribution is 6.35. The van der Waals surface area contributed by atoms with E-state index in [1.165, 1.54) is 0 Å². The standard InChI is InChI=1S/C11H8Cl2N2O/c12-8-3-7(4-9(13)5-8)10(16)6-11-14-1-2-15-11/h1-5H,6H2,(H,14,15). The van der Waals surface area contributed by atoms with Crippen LogP contribution in [0.3, 0.4) is 0 Å². The number of ketones is 1. The Labute approximate surface area is 102 Å². The van der Waals surface area contributed by atoms with Gasteiger partial charge in [0.1, 0.15) is 5.82 Å². The number of H-pyrrole nitrogens is 1. The normalized spacial score (nSPS) is 10.4. The van der Waals surface area contributed by atoms with Crippen molar-refractivity contribution in [1.29, 1.82) is 0 Å². The van der Waals surface area contributed by atoms with Gasteiger partial charge in [-0.05, 0) is 18.2 Å². The van der Waals surface area contributed by atoms with Crippen molar-refractivity contribution in [1.82, 2.24) is 9.97 Å². The van der Waals surface area contributed by atoms with Gasteiger partial charge in [0.15, 0.2) is 5.78 Å². The molecular formula is C11H8Cl2N2O. The Morgan fingerprint density at radius 3 is 2.50 bits per heavy atom. The second kappa shape index (κ2) is 4.68. The molecule has 0 spiro atoms. The number of hydrogen-bond acceptors (Lipinski definition) is 2. The van der Waals surface area contributed by atoms with Crippen LogP contribution in [0.4, 0.5) is 0 Å². The molecule has 0 atom stereocenters. The maximum absolute atomic E-state index is 11.8. The number of carbonyl (C=O) groups excluding carboxylic acids is 1. The molecule has 0 bridgehead atoms. The van der Waals surface area contributed by atoms with E-state index >= 15 is 0 Å². The maximum Gasteiger partial charge on any atom is 0.170 e.